The highest BCUT2D eigenvalue weighted by Gasteiger charge is 2.41. The van der Waals surface area contributed by atoms with E-state index in [1.807, 2.05) is 0 Å². The lowest BCUT2D eigenvalue weighted by Crippen LogP contribution is -2.45. The summed E-state index contributed by atoms with van der Waals surface area (Å²) >= 11 is 0. The van der Waals surface area contributed by atoms with Crippen LogP contribution >= 0.6 is 0 Å². The maximum Gasteiger partial charge on any atom is 0.281 e. The number of nitrogens with one attached hydrogen (secondary N) is 1. The van der Waals surface area contributed by atoms with Crippen molar-refractivity contribution in [3.8, 4) is 0 Å². The minimum absolute atomic E-state index is 0.0363. The number of imidazole rings is 1. The van der Waals surface area contributed by atoms with Gasteiger partial charge < -0.3 is 15.2 Å². The van der Waals surface area contributed by atoms with Crippen LogP contribution in [-0.2, 0) is 0 Å². The molecule has 2 aromatic rings. The number of hydrogen-bond donors (Lipinski definition) is 3. The monoisotopic (exact) mass is 250 g/mol. The summed E-state index contributed by atoms with van der Waals surface area (Å²) in [5, 5.41) is 18.4. The maximum atomic E-state index is 12.2. The Hall–Kier alpha value is -1.73. The number of fused-ring (bicyclic) bond motifs is 1. The van der Waals surface area contributed by atoms with Gasteiger partial charge in [0.05, 0.1) is 6.33 Å². The van der Waals surface area contributed by atoms with Gasteiger partial charge in [0.15, 0.2) is 11.2 Å². The summed E-state index contributed by atoms with van der Waals surface area (Å²) in [5.74, 6) is -0.0346. The highest BCUT2D eigenvalue weighted by atomic mass is 16.3. The quantitative estimate of drug-likeness (QED) is 0.667. The SMILES string of the molecule is O=c1c2nc[nH]c2ncn1C1CC(CO)C1CO. The molecule has 7 nitrogen and oxygen atoms in total. The van der Waals surface area contributed by atoms with Gasteiger partial charge >= 0.3 is 0 Å². The molecule has 3 N–H and O–H groups in total. The van der Waals surface area contributed by atoms with E-state index in [0.29, 0.717) is 17.6 Å². The summed E-state index contributed by atoms with van der Waals surface area (Å²) in [6, 6.07) is -0.103. The molecule has 0 amide bonds. The largest absolute Gasteiger partial charge is 0.396 e. The van der Waals surface area contributed by atoms with Gasteiger partial charge in [-0.25, -0.2) is 9.97 Å². The number of aromatic amines is 1. The van der Waals surface area contributed by atoms with Crippen LogP contribution in [0.5, 0.6) is 0 Å². The lowest BCUT2D eigenvalue weighted by Gasteiger charge is -2.43. The summed E-state index contributed by atoms with van der Waals surface area (Å²) in [6.07, 6.45) is 3.59. The zero-order chi connectivity index (χ0) is 12.7. The van der Waals surface area contributed by atoms with Crippen LogP contribution in [0.4, 0.5) is 0 Å². The first kappa shape index (κ1) is 11.4. The van der Waals surface area contributed by atoms with E-state index in [4.69, 9.17) is 5.11 Å². The average Bonchev–Trinajstić information content (AvgIpc) is 2.81. The molecule has 1 fully saturated rings. The van der Waals surface area contributed by atoms with Crippen LogP contribution < -0.4 is 5.56 Å². The average molecular weight is 250 g/mol. The Balaban J connectivity index is 2.00. The van der Waals surface area contributed by atoms with E-state index in [-0.39, 0.29) is 36.7 Å². The van der Waals surface area contributed by atoms with Gasteiger partial charge in [0.25, 0.3) is 5.56 Å². The molecule has 0 spiro atoms. The van der Waals surface area contributed by atoms with Crippen molar-refractivity contribution < 1.29 is 10.2 Å². The van der Waals surface area contributed by atoms with Crippen LogP contribution in [0.15, 0.2) is 17.4 Å². The summed E-state index contributed by atoms with van der Waals surface area (Å²) in [6.45, 7) is -0.00447. The molecule has 0 saturated heterocycles. The minimum Gasteiger partial charge on any atom is -0.396 e. The van der Waals surface area contributed by atoms with Crippen LogP contribution in [0, 0.1) is 11.8 Å². The lowest BCUT2D eigenvalue weighted by molar-refractivity contribution is -0.00835. The van der Waals surface area contributed by atoms with Crippen LogP contribution in [0.1, 0.15) is 12.5 Å². The summed E-state index contributed by atoms with van der Waals surface area (Å²) in [5.41, 5.74) is 0.567. The maximum absolute atomic E-state index is 12.2. The third-order valence-electron chi connectivity index (χ3n) is 3.81. The molecule has 3 rings (SSSR count). The molecular formula is C11H14N4O3. The number of aromatic nitrogens is 4. The summed E-state index contributed by atoms with van der Waals surface area (Å²) < 4.78 is 1.51. The number of rotatable bonds is 3. The minimum atomic E-state index is -0.207. The molecule has 0 aromatic carbocycles. The standard InChI is InChI=1S/C11H14N4O3/c16-2-6-1-8(7(6)3-17)15-5-14-10-9(11(15)18)12-4-13-10/h4-8,16-17H,1-3H2,(H,12,13). The third-order valence-corrected chi connectivity index (χ3v) is 3.81. The van der Waals surface area contributed by atoms with Crippen molar-refractivity contribution in [3.05, 3.63) is 23.0 Å². The van der Waals surface area contributed by atoms with Gasteiger partial charge in [-0.2, -0.15) is 0 Å². The Morgan fingerprint density at radius 3 is 2.94 bits per heavy atom. The first-order valence-electron chi connectivity index (χ1n) is 5.88. The van der Waals surface area contributed by atoms with Gasteiger partial charge in [0.1, 0.15) is 6.33 Å². The fourth-order valence-corrected chi connectivity index (χ4v) is 2.65. The van der Waals surface area contributed by atoms with Gasteiger partial charge in [-0.1, -0.05) is 0 Å². The predicted octanol–water partition coefficient (Wildman–Crippen LogP) is -0.719. The number of aliphatic hydroxyl groups is 2. The fourth-order valence-electron chi connectivity index (χ4n) is 2.65. The van der Waals surface area contributed by atoms with E-state index in [1.165, 1.54) is 17.2 Å². The Labute approximate surface area is 102 Å². The second-order valence-electron chi connectivity index (χ2n) is 4.65. The zero-order valence-corrected chi connectivity index (χ0v) is 9.65. The smallest absolute Gasteiger partial charge is 0.281 e. The summed E-state index contributed by atoms with van der Waals surface area (Å²) in [4.78, 5) is 23.0. The zero-order valence-electron chi connectivity index (χ0n) is 9.65. The highest BCUT2D eigenvalue weighted by Crippen LogP contribution is 2.42. The van der Waals surface area contributed by atoms with Crippen LogP contribution in [0.25, 0.3) is 11.2 Å². The van der Waals surface area contributed by atoms with E-state index >= 15 is 0 Å². The summed E-state index contributed by atoms with van der Waals surface area (Å²) in [7, 11) is 0. The van der Waals surface area contributed by atoms with Crippen molar-refractivity contribution in [1.29, 1.82) is 0 Å². The third kappa shape index (κ3) is 1.48. The van der Waals surface area contributed by atoms with Gasteiger partial charge in [-0.15, -0.1) is 0 Å². The molecule has 3 atom stereocenters. The van der Waals surface area contributed by atoms with Crippen molar-refractivity contribution in [2.24, 2.45) is 11.8 Å². The lowest BCUT2D eigenvalue weighted by atomic mass is 9.70. The van der Waals surface area contributed by atoms with Gasteiger partial charge in [-0.05, 0) is 12.3 Å². The molecule has 1 aliphatic rings. The number of H-pyrrole nitrogens is 1. The molecule has 1 saturated carbocycles. The van der Waals surface area contributed by atoms with Crippen LogP contribution in [0.3, 0.4) is 0 Å². The van der Waals surface area contributed by atoms with E-state index in [1.54, 1.807) is 0 Å². The van der Waals surface area contributed by atoms with Crippen molar-refractivity contribution in [2.45, 2.75) is 12.5 Å². The number of nitrogens with zero attached hydrogens (tertiary/aromatic N) is 3. The molecule has 3 unspecified atom stereocenters. The molecule has 0 aliphatic heterocycles. The first-order chi connectivity index (χ1) is 8.76. The molecule has 2 aromatic heterocycles. The second kappa shape index (κ2) is 4.18. The Morgan fingerprint density at radius 2 is 2.22 bits per heavy atom. The van der Waals surface area contributed by atoms with Crippen molar-refractivity contribution in [1.82, 2.24) is 19.5 Å². The van der Waals surface area contributed by atoms with Crippen molar-refractivity contribution in [3.63, 3.8) is 0 Å². The van der Waals surface area contributed by atoms with E-state index < -0.39 is 0 Å². The Morgan fingerprint density at radius 1 is 1.39 bits per heavy atom. The van der Waals surface area contributed by atoms with Gasteiger partial charge in [0, 0.05) is 25.2 Å². The predicted molar refractivity (Wildman–Crippen MR) is 63.0 cm³/mol. The van der Waals surface area contributed by atoms with Crippen molar-refractivity contribution >= 4 is 11.2 Å². The van der Waals surface area contributed by atoms with Crippen LogP contribution in [0.2, 0.25) is 0 Å². The molecule has 0 radical (unpaired) electrons. The fraction of sp³-hybridized carbons (Fsp3) is 0.545. The molecule has 18 heavy (non-hydrogen) atoms. The van der Waals surface area contributed by atoms with E-state index in [0.717, 1.165) is 0 Å². The molecule has 96 valence electrons. The number of hydrogen-bond acceptors (Lipinski definition) is 5. The van der Waals surface area contributed by atoms with Crippen LogP contribution in [-0.4, -0.2) is 42.9 Å². The highest BCUT2D eigenvalue weighted by molar-refractivity contribution is 5.67. The Kier molecular flexibility index (Phi) is 2.64. The Bertz CT molecular complexity index is 620. The topological polar surface area (TPSA) is 104 Å². The van der Waals surface area contributed by atoms with E-state index in [9.17, 15) is 9.90 Å². The van der Waals surface area contributed by atoms with Gasteiger partial charge in [0.2, 0.25) is 0 Å². The molecule has 7 heteroatoms. The van der Waals surface area contributed by atoms with Crippen molar-refractivity contribution in [2.75, 3.05) is 13.2 Å². The molecule has 0 bridgehead atoms. The molecule has 1 aliphatic carbocycles. The number of aliphatic hydroxyl groups excluding tert-OH is 2. The van der Waals surface area contributed by atoms with Gasteiger partial charge in [-0.3, -0.25) is 9.36 Å². The molecule has 2 heterocycles. The first-order valence-corrected chi connectivity index (χ1v) is 5.88. The van der Waals surface area contributed by atoms with E-state index in [2.05, 4.69) is 15.0 Å². The normalized spacial score (nSPS) is 27.3. The molecular weight excluding hydrogens is 236 g/mol. The second-order valence-corrected chi connectivity index (χ2v) is 4.65.